The van der Waals surface area contributed by atoms with Crippen molar-refractivity contribution in [3.05, 3.63) is 59.7 Å². The number of carboxylic acid groups (broad SMARTS) is 1. The van der Waals surface area contributed by atoms with Crippen LogP contribution in [0.2, 0.25) is 0 Å². The van der Waals surface area contributed by atoms with Crippen molar-refractivity contribution >= 4 is 18.0 Å². The molecule has 0 aromatic heterocycles. The second-order valence-corrected chi connectivity index (χ2v) is 5.53. The van der Waals surface area contributed by atoms with Crippen molar-refractivity contribution in [1.29, 1.82) is 0 Å². The van der Waals surface area contributed by atoms with Crippen molar-refractivity contribution < 1.29 is 29.6 Å². The van der Waals surface area contributed by atoms with Gasteiger partial charge in [-0.25, -0.2) is 4.79 Å². The van der Waals surface area contributed by atoms with Crippen molar-refractivity contribution in [2.45, 2.75) is 12.5 Å². The van der Waals surface area contributed by atoms with Crippen LogP contribution in [0.4, 0.5) is 0 Å². The zero-order chi connectivity index (χ0) is 19.1. The maximum atomic E-state index is 12.0. The van der Waals surface area contributed by atoms with Gasteiger partial charge in [0.25, 0.3) is 0 Å². The maximum Gasteiger partial charge on any atom is 0.326 e. The number of ether oxygens (including phenoxy) is 1. The quantitative estimate of drug-likeness (QED) is 0.563. The molecule has 0 heterocycles. The van der Waals surface area contributed by atoms with E-state index in [1.807, 2.05) is 0 Å². The van der Waals surface area contributed by atoms with Crippen LogP contribution in [0.25, 0.3) is 6.08 Å². The van der Waals surface area contributed by atoms with Crippen molar-refractivity contribution in [3.8, 4) is 17.2 Å². The standard InChI is InChI=1S/C19H19NO6/c1-26-17-11-13(4-8-16(17)22)5-9-18(23)20-15(19(24)25)10-12-2-6-14(21)7-3-12/h2-9,11,15,21-22H,10H2,1H3,(H,20,23)(H,24,25)/b9-5+/t15-/m1/s1. The lowest BCUT2D eigenvalue weighted by Crippen LogP contribution is -2.41. The molecule has 0 aliphatic carbocycles. The lowest BCUT2D eigenvalue weighted by atomic mass is 10.1. The Labute approximate surface area is 150 Å². The monoisotopic (exact) mass is 357 g/mol. The fourth-order valence-electron chi connectivity index (χ4n) is 2.26. The van der Waals surface area contributed by atoms with Gasteiger partial charge in [0.2, 0.25) is 5.91 Å². The molecule has 0 saturated carbocycles. The number of amides is 1. The van der Waals surface area contributed by atoms with Crippen LogP contribution in [0, 0.1) is 0 Å². The Morgan fingerprint density at radius 2 is 1.85 bits per heavy atom. The summed E-state index contributed by atoms with van der Waals surface area (Å²) >= 11 is 0. The topological polar surface area (TPSA) is 116 Å². The highest BCUT2D eigenvalue weighted by molar-refractivity contribution is 5.94. The Morgan fingerprint density at radius 3 is 2.46 bits per heavy atom. The van der Waals surface area contributed by atoms with E-state index < -0.39 is 17.9 Å². The van der Waals surface area contributed by atoms with E-state index in [1.165, 1.54) is 37.5 Å². The van der Waals surface area contributed by atoms with Crippen LogP contribution < -0.4 is 10.1 Å². The third-order valence-corrected chi connectivity index (χ3v) is 3.62. The molecule has 0 unspecified atom stereocenters. The minimum absolute atomic E-state index is 0.0195. The summed E-state index contributed by atoms with van der Waals surface area (Å²) < 4.78 is 4.98. The lowest BCUT2D eigenvalue weighted by molar-refractivity contribution is -0.141. The highest BCUT2D eigenvalue weighted by Gasteiger charge is 2.19. The summed E-state index contributed by atoms with van der Waals surface area (Å²) in [5, 5.41) is 30.5. The van der Waals surface area contributed by atoms with E-state index in [0.29, 0.717) is 11.1 Å². The first-order valence-corrected chi connectivity index (χ1v) is 7.75. The van der Waals surface area contributed by atoms with Crippen LogP contribution >= 0.6 is 0 Å². The summed E-state index contributed by atoms with van der Waals surface area (Å²) in [5.74, 6) is -1.40. The molecule has 0 saturated heterocycles. The SMILES string of the molecule is COc1cc(/C=C/C(=O)N[C@H](Cc2ccc(O)cc2)C(=O)O)ccc1O. The highest BCUT2D eigenvalue weighted by atomic mass is 16.5. The van der Waals surface area contributed by atoms with Gasteiger partial charge < -0.3 is 25.4 Å². The average molecular weight is 357 g/mol. The van der Waals surface area contributed by atoms with Gasteiger partial charge in [-0.3, -0.25) is 4.79 Å². The molecule has 0 aliphatic rings. The van der Waals surface area contributed by atoms with Gasteiger partial charge in [0.1, 0.15) is 11.8 Å². The number of aliphatic carboxylic acids is 1. The van der Waals surface area contributed by atoms with Gasteiger partial charge in [-0.15, -0.1) is 0 Å². The van der Waals surface area contributed by atoms with Crippen LogP contribution in [0.1, 0.15) is 11.1 Å². The van der Waals surface area contributed by atoms with E-state index in [2.05, 4.69) is 5.32 Å². The number of phenolic OH excluding ortho intramolecular Hbond substituents is 2. The molecule has 0 aliphatic heterocycles. The van der Waals surface area contributed by atoms with Gasteiger partial charge in [-0.1, -0.05) is 18.2 Å². The van der Waals surface area contributed by atoms with E-state index in [4.69, 9.17) is 4.74 Å². The zero-order valence-corrected chi connectivity index (χ0v) is 14.0. The fourth-order valence-corrected chi connectivity index (χ4v) is 2.26. The predicted octanol–water partition coefficient (Wildman–Crippen LogP) is 1.93. The van der Waals surface area contributed by atoms with Gasteiger partial charge in [0.05, 0.1) is 7.11 Å². The summed E-state index contributed by atoms with van der Waals surface area (Å²) in [7, 11) is 1.41. The first-order valence-electron chi connectivity index (χ1n) is 7.75. The van der Waals surface area contributed by atoms with Crippen molar-refractivity contribution in [2.75, 3.05) is 7.11 Å². The van der Waals surface area contributed by atoms with E-state index in [0.717, 1.165) is 0 Å². The number of hydrogen-bond acceptors (Lipinski definition) is 5. The minimum Gasteiger partial charge on any atom is -0.508 e. The van der Waals surface area contributed by atoms with E-state index >= 15 is 0 Å². The maximum absolute atomic E-state index is 12.0. The van der Waals surface area contributed by atoms with Gasteiger partial charge in [0, 0.05) is 12.5 Å². The number of carbonyl (C=O) groups excluding carboxylic acids is 1. The normalized spacial score (nSPS) is 11.9. The Kier molecular flexibility index (Phi) is 6.21. The van der Waals surface area contributed by atoms with E-state index in [1.54, 1.807) is 24.3 Å². The summed E-state index contributed by atoms with van der Waals surface area (Å²) in [4.78, 5) is 23.4. The van der Waals surface area contributed by atoms with Crippen molar-refractivity contribution in [3.63, 3.8) is 0 Å². The molecule has 0 bridgehead atoms. The number of carboxylic acids is 1. The number of methoxy groups -OCH3 is 1. The minimum atomic E-state index is -1.16. The first kappa shape index (κ1) is 18.9. The number of benzene rings is 2. The summed E-state index contributed by atoms with van der Waals surface area (Å²) in [6.07, 6.45) is 2.78. The number of nitrogens with one attached hydrogen (secondary N) is 1. The van der Waals surface area contributed by atoms with Crippen molar-refractivity contribution in [2.24, 2.45) is 0 Å². The first-order chi connectivity index (χ1) is 12.4. The van der Waals surface area contributed by atoms with Crippen LogP contribution in [0.15, 0.2) is 48.5 Å². The van der Waals surface area contributed by atoms with E-state index in [-0.39, 0.29) is 23.7 Å². The summed E-state index contributed by atoms with van der Waals surface area (Å²) in [6.45, 7) is 0. The van der Waals surface area contributed by atoms with Crippen LogP contribution in [-0.4, -0.2) is 40.3 Å². The summed E-state index contributed by atoms with van der Waals surface area (Å²) in [5.41, 5.74) is 1.28. The second-order valence-electron chi connectivity index (χ2n) is 5.53. The predicted molar refractivity (Wildman–Crippen MR) is 95.1 cm³/mol. The molecule has 7 nitrogen and oxygen atoms in total. The Hall–Kier alpha value is -3.48. The molecular weight excluding hydrogens is 338 g/mol. The molecule has 2 aromatic rings. The van der Waals surface area contributed by atoms with E-state index in [9.17, 15) is 24.9 Å². The molecule has 2 rings (SSSR count). The van der Waals surface area contributed by atoms with Crippen LogP contribution in [0.5, 0.6) is 17.2 Å². The molecule has 0 spiro atoms. The molecular formula is C19H19NO6. The third-order valence-electron chi connectivity index (χ3n) is 3.62. The molecule has 136 valence electrons. The number of aromatic hydroxyl groups is 2. The lowest BCUT2D eigenvalue weighted by Gasteiger charge is -2.13. The molecule has 7 heteroatoms. The number of rotatable bonds is 7. The Bertz CT molecular complexity index is 813. The smallest absolute Gasteiger partial charge is 0.326 e. The Morgan fingerprint density at radius 1 is 1.15 bits per heavy atom. The van der Waals surface area contributed by atoms with Gasteiger partial charge in [-0.05, 0) is 41.5 Å². The zero-order valence-electron chi connectivity index (χ0n) is 14.0. The number of hydrogen-bond donors (Lipinski definition) is 4. The molecule has 0 fully saturated rings. The molecule has 1 atom stereocenters. The molecule has 2 aromatic carbocycles. The summed E-state index contributed by atoms with van der Waals surface area (Å²) in [6, 6.07) is 9.55. The molecule has 26 heavy (non-hydrogen) atoms. The van der Waals surface area contributed by atoms with Gasteiger partial charge >= 0.3 is 5.97 Å². The molecule has 4 N–H and O–H groups in total. The fraction of sp³-hybridized carbons (Fsp3) is 0.158. The molecule has 1 amide bonds. The Balaban J connectivity index is 2.03. The number of phenols is 2. The molecule has 0 radical (unpaired) electrons. The van der Waals surface area contributed by atoms with Crippen molar-refractivity contribution in [1.82, 2.24) is 5.32 Å². The highest BCUT2D eigenvalue weighted by Crippen LogP contribution is 2.26. The van der Waals surface area contributed by atoms with Crippen LogP contribution in [-0.2, 0) is 16.0 Å². The van der Waals surface area contributed by atoms with Gasteiger partial charge in [0.15, 0.2) is 11.5 Å². The largest absolute Gasteiger partial charge is 0.508 e. The van der Waals surface area contributed by atoms with Gasteiger partial charge in [-0.2, -0.15) is 0 Å². The van der Waals surface area contributed by atoms with Crippen LogP contribution in [0.3, 0.4) is 0 Å². The number of carbonyl (C=O) groups is 2. The second kappa shape index (κ2) is 8.57. The average Bonchev–Trinajstić information content (AvgIpc) is 2.62. The third kappa shape index (κ3) is 5.27.